The SMILES string of the molecule is CCOCCOc1cc(C)ccc1CNC(=NC)NCC(=O)OC(C)(C)C. The van der Waals surface area contributed by atoms with Crippen molar-refractivity contribution in [1.82, 2.24) is 10.6 Å². The zero-order chi connectivity index (χ0) is 20.3. The van der Waals surface area contributed by atoms with Crippen LogP contribution in [0.25, 0.3) is 0 Å². The van der Waals surface area contributed by atoms with Crippen LogP contribution in [0.3, 0.4) is 0 Å². The molecule has 27 heavy (non-hydrogen) atoms. The smallest absolute Gasteiger partial charge is 0.325 e. The molecule has 0 aromatic heterocycles. The van der Waals surface area contributed by atoms with Crippen molar-refractivity contribution < 1.29 is 19.0 Å². The van der Waals surface area contributed by atoms with E-state index >= 15 is 0 Å². The number of aryl methyl sites for hydroxylation is 1. The largest absolute Gasteiger partial charge is 0.491 e. The van der Waals surface area contributed by atoms with Crippen molar-refractivity contribution in [1.29, 1.82) is 0 Å². The summed E-state index contributed by atoms with van der Waals surface area (Å²) in [5.74, 6) is 0.993. The van der Waals surface area contributed by atoms with E-state index in [4.69, 9.17) is 14.2 Å². The van der Waals surface area contributed by atoms with Gasteiger partial charge in [0.15, 0.2) is 5.96 Å². The van der Waals surface area contributed by atoms with E-state index in [-0.39, 0.29) is 12.5 Å². The first-order valence-electron chi connectivity index (χ1n) is 9.21. The lowest BCUT2D eigenvalue weighted by Gasteiger charge is -2.20. The first-order chi connectivity index (χ1) is 12.7. The number of aliphatic imine (C=N–C) groups is 1. The van der Waals surface area contributed by atoms with Crippen LogP contribution < -0.4 is 15.4 Å². The summed E-state index contributed by atoms with van der Waals surface area (Å²) in [5, 5.41) is 6.14. The predicted octanol–water partition coefficient (Wildman–Crippen LogP) is 2.42. The summed E-state index contributed by atoms with van der Waals surface area (Å²) in [6, 6.07) is 6.04. The molecule has 0 atom stereocenters. The molecule has 0 amide bonds. The predicted molar refractivity (Wildman–Crippen MR) is 107 cm³/mol. The zero-order valence-corrected chi connectivity index (χ0v) is 17.3. The second-order valence-electron chi connectivity index (χ2n) is 7.02. The lowest BCUT2D eigenvalue weighted by Crippen LogP contribution is -2.41. The molecule has 0 heterocycles. The third-order valence-electron chi connectivity index (χ3n) is 3.40. The second kappa shape index (κ2) is 11.4. The molecule has 1 aromatic rings. The van der Waals surface area contributed by atoms with E-state index in [1.54, 1.807) is 7.05 Å². The lowest BCUT2D eigenvalue weighted by molar-refractivity contribution is -0.153. The van der Waals surface area contributed by atoms with Gasteiger partial charge in [-0.25, -0.2) is 0 Å². The normalized spacial score (nSPS) is 11.9. The lowest BCUT2D eigenvalue weighted by atomic mass is 10.1. The summed E-state index contributed by atoms with van der Waals surface area (Å²) < 4.78 is 16.4. The molecule has 0 spiro atoms. The molecule has 0 aliphatic heterocycles. The van der Waals surface area contributed by atoms with Gasteiger partial charge in [-0.1, -0.05) is 12.1 Å². The van der Waals surface area contributed by atoms with E-state index in [2.05, 4.69) is 15.6 Å². The fraction of sp³-hybridized carbons (Fsp3) is 0.600. The highest BCUT2D eigenvalue weighted by Crippen LogP contribution is 2.20. The van der Waals surface area contributed by atoms with Crippen LogP contribution in [0.1, 0.15) is 38.8 Å². The highest BCUT2D eigenvalue weighted by Gasteiger charge is 2.16. The van der Waals surface area contributed by atoms with E-state index < -0.39 is 5.60 Å². The summed E-state index contributed by atoms with van der Waals surface area (Å²) in [4.78, 5) is 15.9. The summed E-state index contributed by atoms with van der Waals surface area (Å²) in [6.07, 6.45) is 0. The van der Waals surface area contributed by atoms with Gasteiger partial charge in [0.05, 0.1) is 6.61 Å². The maximum Gasteiger partial charge on any atom is 0.325 e. The Hall–Kier alpha value is -2.28. The topological polar surface area (TPSA) is 81.2 Å². The van der Waals surface area contributed by atoms with Crippen molar-refractivity contribution in [3.05, 3.63) is 29.3 Å². The molecule has 0 fully saturated rings. The Balaban J connectivity index is 2.57. The van der Waals surface area contributed by atoms with Gasteiger partial charge in [0.25, 0.3) is 0 Å². The van der Waals surface area contributed by atoms with Crippen molar-refractivity contribution in [3.8, 4) is 5.75 Å². The number of hydrogen-bond acceptors (Lipinski definition) is 5. The third-order valence-corrected chi connectivity index (χ3v) is 3.40. The number of nitrogens with one attached hydrogen (secondary N) is 2. The van der Waals surface area contributed by atoms with Crippen LogP contribution in [-0.2, 0) is 20.8 Å². The molecule has 7 heteroatoms. The quantitative estimate of drug-likeness (QED) is 0.297. The van der Waals surface area contributed by atoms with Gasteiger partial charge in [0.1, 0.15) is 24.5 Å². The molecule has 0 aliphatic rings. The molecule has 2 N–H and O–H groups in total. The van der Waals surface area contributed by atoms with Crippen LogP contribution in [0, 0.1) is 6.92 Å². The molecule has 0 unspecified atom stereocenters. The highest BCUT2D eigenvalue weighted by molar-refractivity contribution is 5.84. The number of rotatable bonds is 9. The number of carbonyl (C=O) groups is 1. The van der Waals surface area contributed by atoms with Gasteiger partial charge in [-0.3, -0.25) is 9.79 Å². The molecule has 0 aliphatic carbocycles. The minimum atomic E-state index is -0.509. The van der Waals surface area contributed by atoms with Crippen LogP contribution in [0.2, 0.25) is 0 Å². The van der Waals surface area contributed by atoms with Gasteiger partial charge >= 0.3 is 5.97 Å². The maximum atomic E-state index is 11.8. The monoisotopic (exact) mass is 379 g/mol. The standard InChI is InChI=1S/C20H33N3O4/c1-7-25-10-11-26-17-12-15(2)8-9-16(17)13-22-19(21-6)23-14-18(24)27-20(3,4)5/h8-9,12H,7,10-11,13-14H2,1-6H3,(H2,21,22,23). The van der Waals surface area contributed by atoms with Crippen LogP contribution in [0.4, 0.5) is 0 Å². The van der Waals surface area contributed by atoms with Gasteiger partial charge in [0, 0.05) is 25.8 Å². The van der Waals surface area contributed by atoms with E-state index in [1.807, 2.05) is 52.8 Å². The average Bonchev–Trinajstić information content (AvgIpc) is 2.58. The second-order valence-corrected chi connectivity index (χ2v) is 7.02. The van der Waals surface area contributed by atoms with Crippen LogP contribution in [0.15, 0.2) is 23.2 Å². The molecule has 0 saturated carbocycles. The number of ether oxygens (including phenoxy) is 3. The van der Waals surface area contributed by atoms with Crippen molar-refractivity contribution in [2.45, 2.75) is 46.8 Å². The van der Waals surface area contributed by atoms with Crippen LogP contribution in [0.5, 0.6) is 5.75 Å². The first kappa shape index (κ1) is 22.8. The number of hydrogen-bond donors (Lipinski definition) is 2. The summed E-state index contributed by atoms with van der Waals surface area (Å²) in [7, 11) is 1.65. The number of carbonyl (C=O) groups excluding carboxylic acids is 1. The van der Waals surface area contributed by atoms with Crippen molar-refractivity contribution in [3.63, 3.8) is 0 Å². The summed E-state index contributed by atoms with van der Waals surface area (Å²) in [6.45, 7) is 11.8. The minimum absolute atomic E-state index is 0.0442. The molecule has 0 saturated heterocycles. The fourth-order valence-corrected chi connectivity index (χ4v) is 2.23. The summed E-state index contributed by atoms with van der Waals surface area (Å²) in [5.41, 5.74) is 1.61. The molecule has 1 rings (SSSR count). The molecular formula is C20H33N3O4. The minimum Gasteiger partial charge on any atom is -0.491 e. The molecule has 7 nitrogen and oxygen atoms in total. The van der Waals surface area contributed by atoms with Gasteiger partial charge < -0.3 is 24.8 Å². The number of guanidine groups is 1. The Labute approximate surface area is 162 Å². The van der Waals surface area contributed by atoms with E-state index in [1.165, 1.54) is 0 Å². The molecule has 0 bridgehead atoms. The molecular weight excluding hydrogens is 346 g/mol. The number of esters is 1. The van der Waals surface area contributed by atoms with E-state index in [0.717, 1.165) is 16.9 Å². The number of nitrogens with zero attached hydrogens (tertiary/aromatic N) is 1. The van der Waals surface area contributed by atoms with Crippen molar-refractivity contribution in [2.24, 2.45) is 4.99 Å². The van der Waals surface area contributed by atoms with Gasteiger partial charge in [-0.15, -0.1) is 0 Å². The zero-order valence-electron chi connectivity index (χ0n) is 17.3. The Morgan fingerprint density at radius 1 is 1.19 bits per heavy atom. The third kappa shape index (κ3) is 9.84. The Kier molecular flexibility index (Phi) is 9.64. The fourth-order valence-electron chi connectivity index (χ4n) is 2.23. The summed E-state index contributed by atoms with van der Waals surface area (Å²) >= 11 is 0. The Bertz CT molecular complexity index is 624. The van der Waals surface area contributed by atoms with Crippen molar-refractivity contribution in [2.75, 3.05) is 33.4 Å². The van der Waals surface area contributed by atoms with Gasteiger partial charge in [0.2, 0.25) is 0 Å². The van der Waals surface area contributed by atoms with Crippen LogP contribution in [-0.4, -0.2) is 50.9 Å². The van der Waals surface area contributed by atoms with Crippen molar-refractivity contribution >= 4 is 11.9 Å². The average molecular weight is 380 g/mol. The molecule has 152 valence electrons. The molecule has 0 radical (unpaired) electrons. The maximum absolute atomic E-state index is 11.8. The Morgan fingerprint density at radius 3 is 2.56 bits per heavy atom. The van der Waals surface area contributed by atoms with Gasteiger partial charge in [-0.2, -0.15) is 0 Å². The van der Waals surface area contributed by atoms with E-state index in [9.17, 15) is 4.79 Å². The Morgan fingerprint density at radius 2 is 1.93 bits per heavy atom. The first-order valence-corrected chi connectivity index (χ1v) is 9.21. The number of benzene rings is 1. The molecule has 1 aromatic carbocycles. The highest BCUT2D eigenvalue weighted by atomic mass is 16.6. The van der Waals surface area contributed by atoms with Gasteiger partial charge in [-0.05, 0) is 46.2 Å². The van der Waals surface area contributed by atoms with E-state index in [0.29, 0.717) is 32.3 Å². The van der Waals surface area contributed by atoms with Crippen LogP contribution >= 0.6 is 0 Å².